The van der Waals surface area contributed by atoms with Gasteiger partial charge in [0.15, 0.2) is 0 Å². The highest BCUT2D eigenvalue weighted by Gasteiger charge is 2.40. The monoisotopic (exact) mass is 390 g/mol. The fourth-order valence-corrected chi connectivity index (χ4v) is 7.49. The minimum Gasteiger partial charge on any atom is -0.497 e. The van der Waals surface area contributed by atoms with E-state index < -0.39 is 0 Å². The summed E-state index contributed by atoms with van der Waals surface area (Å²) in [5, 5.41) is 0.812. The summed E-state index contributed by atoms with van der Waals surface area (Å²) in [6, 6.07) is 8.65. The molecule has 1 aliphatic rings. The first kappa shape index (κ1) is 19.7. The Kier molecular flexibility index (Phi) is 7.38. The van der Waals surface area contributed by atoms with E-state index in [0.717, 1.165) is 24.0 Å². The van der Waals surface area contributed by atoms with Crippen molar-refractivity contribution in [3.8, 4) is 5.75 Å². The van der Waals surface area contributed by atoms with Crippen LogP contribution in [-0.4, -0.2) is 31.7 Å². The maximum Gasteiger partial charge on any atom is 0.118 e. The predicted octanol–water partition coefficient (Wildman–Crippen LogP) is 5.65. The van der Waals surface area contributed by atoms with Crippen LogP contribution in [0.25, 0.3) is 0 Å². The van der Waals surface area contributed by atoms with Gasteiger partial charge in [0.1, 0.15) is 5.75 Å². The van der Waals surface area contributed by atoms with Gasteiger partial charge in [-0.1, -0.05) is 31.9 Å². The minimum atomic E-state index is 0.313. The van der Waals surface area contributed by atoms with E-state index >= 15 is 0 Å². The van der Waals surface area contributed by atoms with E-state index in [1.54, 1.807) is 7.11 Å². The number of aryl methyl sites for hydroxylation is 1. The second-order valence-electron chi connectivity index (χ2n) is 7.03. The summed E-state index contributed by atoms with van der Waals surface area (Å²) in [5.41, 5.74) is 1.42. The highest BCUT2D eigenvalue weighted by Crippen LogP contribution is 2.54. The Hall–Kier alpha value is -1.07. The van der Waals surface area contributed by atoms with Crippen LogP contribution in [0.2, 0.25) is 0 Å². The molecule has 2 aromatic rings. The molecule has 2 atom stereocenters. The Morgan fingerprint density at radius 3 is 2.81 bits per heavy atom. The summed E-state index contributed by atoms with van der Waals surface area (Å²) in [5.74, 6) is 2.24. The van der Waals surface area contributed by atoms with Crippen molar-refractivity contribution in [1.29, 1.82) is 0 Å². The predicted molar refractivity (Wildman–Crippen MR) is 114 cm³/mol. The van der Waals surface area contributed by atoms with Crippen molar-refractivity contribution in [2.24, 2.45) is 0 Å². The van der Waals surface area contributed by atoms with E-state index in [4.69, 9.17) is 4.74 Å². The first-order valence-electron chi connectivity index (χ1n) is 9.63. The molecule has 142 valence electrons. The zero-order valence-electron chi connectivity index (χ0n) is 15.9. The molecule has 1 aliphatic heterocycles. The average molecular weight is 391 g/mol. The Labute approximate surface area is 166 Å². The Bertz CT molecular complexity index is 645. The SMILES string of the molecule is CCCCC1CSC(CCCn2ccnc2)(Cc2ccc(OC)cc2)S1. The first-order chi connectivity index (χ1) is 12.7. The molecule has 3 rings (SSSR count). The fraction of sp³-hybridized carbons (Fsp3) is 0.571. The van der Waals surface area contributed by atoms with Gasteiger partial charge in [0.2, 0.25) is 0 Å². The molecule has 2 unspecified atom stereocenters. The van der Waals surface area contributed by atoms with Gasteiger partial charge in [0, 0.05) is 29.9 Å². The van der Waals surface area contributed by atoms with Crippen molar-refractivity contribution in [1.82, 2.24) is 9.55 Å². The summed E-state index contributed by atoms with van der Waals surface area (Å²) in [6.45, 7) is 3.35. The largest absolute Gasteiger partial charge is 0.497 e. The lowest BCUT2D eigenvalue weighted by Gasteiger charge is -2.28. The van der Waals surface area contributed by atoms with Crippen LogP contribution in [0.1, 0.15) is 44.6 Å². The topological polar surface area (TPSA) is 27.1 Å². The fourth-order valence-electron chi connectivity index (χ4n) is 3.51. The Morgan fingerprint density at radius 2 is 2.12 bits per heavy atom. The molecule has 1 fully saturated rings. The molecule has 3 nitrogen and oxygen atoms in total. The standard InChI is InChI=1S/C21H30N2OS2/c1-3-4-6-20-16-25-21(26-20,11-5-13-23-14-12-22-17-23)15-18-7-9-19(24-2)10-8-18/h7-10,12,14,17,20H,3-6,11,13,15-16H2,1-2H3. The zero-order chi connectivity index (χ0) is 18.2. The van der Waals surface area contributed by atoms with E-state index in [9.17, 15) is 0 Å². The van der Waals surface area contributed by atoms with E-state index in [1.807, 2.05) is 12.5 Å². The third-order valence-electron chi connectivity index (χ3n) is 4.96. The molecule has 0 N–H and O–H groups in total. The number of rotatable bonds is 10. The van der Waals surface area contributed by atoms with Crippen molar-refractivity contribution in [2.75, 3.05) is 12.9 Å². The molecule has 0 radical (unpaired) electrons. The second-order valence-corrected chi connectivity index (χ2v) is 10.4. The van der Waals surface area contributed by atoms with Crippen molar-refractivity contribution < 1.29 is 4.74 Å². The van der Waals surface area contributed by atoms with E-state index in [2.05, 4.69) is 70.5 Å². The van der Waals surface area contributed by atoms with Crippen LogP contribution in [0.5, 0.6) is 5.75 Å². The zero-order valence-corrected chi connectivity index (χ0v) is 17.5. The Balaban J connectivity index is 1.64. The number of methoxy groups -OCH3 is 1. The molecule has 5 heteroatoms. The number of hydrogen-bond acceptors (Lipinski definition) is 4. The van der Waals surface area contributed by atoms with Crippen LogP contribution < -0.4 is 4.74 Å². The van der Waals surface area contributed by atoms with Crippen LogP contribution in [0.3, 0.4) is 0 Å². The maximum atomic E-state index is 5.31. The molecule has 0 amide bonds. The summed E-state index contributed by atoms with van der Waals surface area (Å²) in [4.78, 5) is 4.16. The molecular formula is C21H30N2OS2. The van der Waals surface area contributed by atoms with Crippen molar-refractivity contribution in [3.05, 3.63) is 48.5 Å². The summed E-state index contributed by atoms with van der Waals surface area (Å²) in [6.07, 6.45) is 13.5. The van der Waals surface area contributed by atoms with Crippen LogP contribution in [0.15, 0.2) is 43.0 Å². The average Bonchev–Trinajstić information content (AvgIpc) is 3.31. The van der Waals surface area contributed by atoms with Gasteiger partial charge in [-0.3, -0.25) is 0 Å². The van der Waals surface area contributed by atoms with Crippen molar-refractivity contribution in [2.45, 2.75) is 61.3 Å². The summed E-state index contributed by atoms with van der Waals surface area (Å²) >= 11 is 4.44. The van der Waals surface area contributed by atoms with Gasteiger partial charge >= 0.3 is 0 Å². The van der Waals surface area contributed by atoms with E-state index in [-0.39, 0.29) is 0 Å². The normalized spacial score (nSPS) is 22.6. The lowest BCUT2D eigenvalue weighted by atomic mass is 10.1. The quantitative estimate of drug-likeness (QED) is 0.524. The molecule has 2 heterocycles. The number of thioether (sulfide) groups is 2. The van der Waals surface area contributed by atoms with Gasteiger partial charge in [-0.05, 0) is 43.4 Å². The van der Waals surface area contributed by atoms with Gasteiger partial charge in [0.05, 0.1) is 17.5 Å². The molecule has 26 heavy (non-hydrogen) atoms. The highest BCUT2D eigenvalue weighted by atomic mass is 32.2. The molecule has 0 bridgehead atoms. The number of benzene rings is 1. The summed E-state index contributed by atoms with van der Waals surface area (Å²) < 4.78 is 7.82. The molecule has 1 saturated heterocycles. The molecule has 1 aromatic heterocycles. The molecular weight excluding hydrogens is 360 g/mol. The first-order valence-corrected chi connectivity index (χ1v) is 11.5. The number of imidazole rings is 1. The number of hydrogen-bond donors (Lipinski definition) is 0. The van der Waals surface area contributed by atoms with Gasteiger partial charge < -0.3 is 9.30 Å². The van der Waals surface area contributed by atoms with Crippen LogP contribution in [-0.2, 0) is 13.0 Å². The van der Waals surface area contributed by atoms with E-state index in [1.165, 1.54) is 43.4 Å². The number of nitrogens with zero attached hydrogens (tertiary/aromatic N) is 2. The third-order valence-corrected chi connectivity index (χ3v) is 8.77. The minimum absolute atomic E-state index is 0.313. The second kappa shape index (κ2) is 9.75. The van der Waals surface area contributed by atoms with Gasteiger partial charge in [0.25, 0.3) is 0 Å². The molecule has 1 aromatic carbocycles. The number of unbranched alkanes of at least 4 members (excludes halogenated alkanes) is 1. The number of aromatic nitrogens is 2. The van der Waals surface area contributed by atoms with Gasteiger partial charge in [-0.2, -0.15) is 0 Å². The van der Waals surface area contributed by atoms with Crippen molar-refractivity contribution in [3.63, 3.8) is 0 Å². The maximum absolute atomic E-state index is 5.31. The van der Waals surface area contributed by atoms with Gasteiger partial charge in [-0.25, -0.2) is 4.98 Å². The van der Waals surface area contributed by atoms with Crippen LogP contribution in [0.4, 0.5) is 0 Å². The lowest BCUT2D eigenvalue weighted by molar-refractivity contribution is 0.414. The van der Waals surface area contributed by atoms with Crippen molar-refractivity contribution >= 4 is 23.5 Å². The van der Waals surface area contributed by atoms with Crippen LogP contribution in [0, 0.1) is 0 Å². The third kappa shape index (κ3) is 5.46. The van der Waals surface area contributed by atoms with Crippen LogP contribution >= 0.6 is 23.5 Å². The molecule has 0 saturated carbocycles. The van der Waals surface area contributed by atoms with Gasteiger partial charge in [-0.15, -0.1) is 23.5 Å². The molecule has 0 spiro atoms. The number of ether oxygens (including phenoxy) is 1. The summed E-state index contributed by atoms with van der Waals surface area (Å²) in [7, 11) is 1.73. The smallest absolute Gasteiger partial charge is 0.118 e. The molecule has 0 aliphatic carbocycles. The van der Waals surface area contributed by atoms with E-state index in [0.29, 0.717) is 4.08 Å². The lowest BCUT2D eigenvalue weighted by Crippen LogP contribution is -2.22. The Morgan fingerprint density at radius 1 is 1.27 bits per heavy atom. The highest BCUT2D eigenvalue weighted by molar-refractivity contribution is 8.21.